The van der Waals surface area contributed by atoms with Crippen molar-refractivity contribution in [2.45, 2.75) is 11.8 Å². The number of aryl methyl sites for hydroxylation is 1. The fourth-order valence-corrected chi connectivity index (χ4v) is 4.69. The molecule has 0 radical (unpaired) electrons. The number of hydrogen-bond donors (Lipinski definition) is 1. The summed E-state index contributed by atoms with van der Waals surface area (Å²) >= 11 is 6.26. The van der Waals surface area contributed by atoms with Crippen molar-refractivity contribution in [1.82, 2.24) is 9.97 Å². The molecule has 0 fully saturated rings. The van der Waals surface area contributed by atoms with Crippen LogP contribution in [0.3, 0.4) is 0 Å². The van der Waals surface area contributed by atoms with Gasteiger partial charge in [-0.3, -0.25) is 4.31 Å². The maximum absolute atomic E-state index is 13.3. The zero-order chi connectivity index (χ0) is 20.8. The van der Waals surface area contributed by atoms with E-state index in [9.17, 15) is 8.42 Å². The van der Waals surface area contributed by atoms with Crippen LogP contribution in [0.2, 0.25) is 5.02 Å². The van der Waals surface area contributed by atoms with Gasteiger partial charge in [-0.25, -0.2) is 18.4 Å². The SMILES string of the molecule is Cc1nc(N)ncc1-c1ccc(Cl)c(S(=O)(=O)N(C)c2ccc3c(c2)OCO3)c1. The number of sulfonamides is 1. The normalized spacial score (nSPS) is 12.8. The minimum absolute atomic E-state index is 0.0342. The molecule has 1 aromatic heterocycles. The van der Waals surface area contributed by atoms with Crippen molar-refractivity contribution in [3.8, 4) is 22.6 Å². The first kappa shape index (κ1) is 19.3. The molecule has 0 atom stereocenters. The highest BCUT2D eigenvalue weighted by Crippen LogP contribution is 2.38. The Morgan fingerprint density at radius 3 is 2.66 bits per heavy atom. The van der Waals surface area contributed by atoms with Crippen LogP contribution >= 0.6 is 11.6 Å². The molecule has 8 nitrogen and oxygen atoms in total. The lowest BCUT2D eigenvalue weighted by Crippen LogP contribution is -2.26. The van der Waals surface area contributed by atoms with Gasteiger partial charge in [-0.15, -0.1) is 0 Å². The molecule has 0 unspecified atom stereocenters. The molecule has 3 aromatic rings. The highest BCUT2D eigenvalue weighted by atomic mass is 35.5. The van der Waals surface area contributed by atoms with E-state index in [0.717, 1.165) is 4.31 Å². The van der Waals surface area contributed by atoms with Gasteiger partial charge < -0.3 is 15.2 Å². The van der Waals surface area contributed by atoms with Crippen LogP contribution < -0.4 is 19.5 Å². The van der Waals surface area contributed by atoms with E-state index < -0.39 is 10.0 Å². The highest BCUT2D eigenvalue weighted by molar-refractivity contribution is 7.93. The molecule has 0 spiro atoms. The summed E-state index contributed by atoms with van der Waals surface area (Å²) in [6.07, 6.45) is 1.55. The molecule has 0 bridgehead atoms. The Bertz CT molecular complexity index is 1220. The molecule has 1 aliphatic heterocycles. The predicted octanol–water partition coefficient (Wildman–Crippen LogP) is 3.24. The standard InChI is InChI=1S/C19H17ClN4O4S/c1-11-14(9-22-19(21)23-11)12-3-5-15(20)18(7-12)29(25,26)24(2)13-4-6-16-17(8-13)28-10-27-16/h3-9H,10H2,1-2H3,(H2,21,22,23). The second-order valence-corrected chi connectivity index (χ2v) is 8.73. The van der Waals surface area contributed by atoms with E-state index in [0.29, 0.717) is 34.0 Å². The average Bonchev–Trinajstić information content (AvgIpc) is 3.15. The van der Waals surface area contributed by atoms with Crippen LogP contribution in [-0.4, -0.2) is 32.2 Å². The minimum Gasteiger partial charge on any atom is -0.454 e. The van der Waals surface area contributed by atoms with E-state index >= 15 is 0 Å². The number of rotatable bonds is 4. The molecule has 4 rings (SSSR count). The third-order valence-electron chi connectivity index (χ3n) is 4.60. The zero-order valence-electron chi connectivity index (χ0n) is 15.6. The second kappa shape index (κ2) is 7.09. The molecule has 29 heavy (non-hydrogen) atoms. The predicted molar refractivity (Wildman–Crippen MR) is 110 cm³/mol. The van der Waals surface area contributed by atoms with Crippen molar-refractivity contribution in [2.24, 2.45) is 0 Å². The van der Waals surface area contributed by atoms with Crippen LogP contribution in [0.15, 0.2) is 47.5 Å². The van der Waals surface area contributed by atoms with Gasteiger partial charge in [-0.1, -0.05) is 17.7 Å². The summed E-state index contributed by atoms with van der Waals surface area (Å²) in [5, 5.41) is 0.107. The zero-order valence-corrected chi connectivity index (χ0v) is 17.2. The number of nitrogens with two attached hydrogens (primary N) is 1. The van der Waals surface area contributed by atoms with E-state index in [4.69, 9.17) is 26.8 Å². The van der Waals surface area contributed by atoms with Gasteiger partial charge in [-0.2, -0.15) is 0 Å². The fraction of sp³-hybridized carbons (Fsp3) is 0.158. The first-order chi connectivity index (χ1) is 13.8. The molecule has 0 saturated heterocycles. The second-order valence-electron chi connectivity index (χ2n) is 6.38. The van der Waals surface area contributed by atoms with Gasteiger partial charge in [0, 0.05) is 24.9 Å². The summed E-state index contributed by atoms with van der Waals surface area (Å²) in [6, 6.07) is 9.66. The molecule has 0 amide bonds. The number of nitrogens with zero attached hydrogens (tertiary/aromatic N) is 3. The van der Waals surface area contributed by atoms with Crippen LogP contribution in [0, 0.1) is 6.92 Å². The summed E-state index contributed by atoms with van der Waals surface area (Å²) in [5.74, 6) is 1.20. The maximum atomic E-state index is 13.3. The number of benzene rings is 2. The molecular weight excluding hydrogens is 416 g/mol. The van der Waals surface area contributed by atoms with Crippen LogP contribution in [-0.2, 0) is 10.0 Å². The van der Waals surface area contributed by atoms with Crippen LogP contribution in [0.1, 0.15) is 5.69 Å². The number of aromatic nitrogens is 2. The smallest absolute Gasteiger partial charge is 0.265 e. The van der Waals surface area contributed by atoms with Crippen molar-refractivity contribution in [3.63, 3.8) is 0 Å². The highest BCUT2D eigenvalue weighted by Gasteiger charge is 2.26. The molecule has 150 valence electrons. The van der Waals surface area contributed by atoms with Crippen molar-refractivity contribution in [1.29, 1.82) is 0 Å². The summed E-state index contributed by atoms with van der Waals surface area (Å²) in [6.45, 7) is 1.88. The minimum atomic E-state index is -3.95. The van der Waals surface area contributed by atoms with E-state index in [1.165, 1.54) is 19.2 Å². The lowest BCUT2D eigenvalue weighted by molar-refractivity contribution is 0.174. The van der Waals surface area contributed by atoms with Gasteiger partial charge in [-0.05, 0) is 36.8 Å². The monoisotopic (exact) mass is 432 g/mol. The Labute approximate surface area is 172 Å². The summed E-state index contributed by atoms with van der Waals surface area (Å²) in [7, 11) is -2.50. The Balaban J connectivity index is 1.76. The number of anilines is 2. The lowest BCUT2D eigenvalue weighted by Gasteiger charge is -2.21. The van der Waals surface area contributed by atoms with Gasteiger partial charge in [0.25, 0.3) is 10.0 Å². The quantitative estimate of drug-likeness (QED) is 0.674. The average molecular weight is 433 g/mol. The molecular formula is C19H17ClN4O4S. The Hall–Kier alpha value is -3.04. The Morgan fingerprint density at radius 1 is 1.14 bits per heavy atom. The molecule has 2 aromatic carbocycles. The number of halogens is 1. The molecule has 2 N–H and O–H groups in total. The van der Waals surface area contributed by atoms with Crippen molar-refractivity contribution in [2.75, 3.05) is 23.9 Å². The molecule has 1 aliphatic rings. The summed E-state index contributed by atoms with van der Waals surface area (Å²) in [5.41, 5.74) is 7.94. The van der Waals surface area contributed by atoms with Gasteiger partial charge in [0.05, 0.1) is 16.4 Å². The molecule has 10 heteroatoms. The molecule has 0 aliphatic carbocycles. The third-order valence-corrected chi connectivity index (χ3v) is 6.87. The van der Waals surface area contributed by atoms with Gasteiger partial charge >= 0.3 is 0 Å². The van der Waals surface area contributed by atoms with Gasteiger partial charge in [0.1, 0.15) is 4.90 Å². The van der Waals surface area contributed by atoms with Crippen molar-refractivity contribution >= 4 is 33.3 Å². The Kier molecular flexibility index (Phi) is 4.71. The number of fused-ring (bicyclic) bond motifs is 1. The first-order valence-electron chi connectivity index (χ1n) is 8.55. The largest absolute Gasteiger partial charge is 0.454 e. The maximum Gasteiger partial charge on any atom is 0.265 e. The molecule has 2 heterocycles. The fourth-order valence-electron chi connectivity index (χ4n) is 3.00. The molecule has 0 saturated carbocycles. The third kappa shape index (κ3) is 3.43. The van der Waals surface area contributed by atoms with Gasteiger partial charge in [0.2, 0.25) is 12.7 Å². The van der Waals surface area contributed by atoms with Crippen molar-refractivity contribution in [3.05, 3.63) is 53.3 Å². The van der Waals surface area contributed by atoms with Crippen molar-refractivity contribution < 1.29 is 17.9 Å². The van der Waals surface area contributed by atoms with Gasteiger partial charge in [0.15, 0.2) is 11.5 Å². The number of nitrogen functional groups attached to an aromatic ring is 1. The van der Waals surface area contributed by atoms with E-state index in [-0.39, 0.29) is 22.7 Å². The topological polar surface area (TPSA) is 108 Å². The number of ether oxygens (including phenoxy) is 2. The van der Waals surface area contributed by atoms with Crippen LogP contribution in [0.4, 0.5) is 11.6 Å². The van der Waals surface area contributed by atoms with Crippen LogP contribution in [0.25, 0.3) is 11.1 Å². The summed E-state index contributed by atoms with van der Waals surface area (Å²) < 4.78 is 38.3. The van der Waals surface area contributed by atoms with E-state index in [1.807, 2.05) is 0 Å². The van der Waals surface area contributed by atoms with Crippen LogP contribution in [0.5, 0.6) is 11.5 Å². The summed E-state index contributed by atoms with van der Waals surface area (Å²) in [4.78, 5) is 8.09. The van der Waals surface area contributed by atoms with E-state index in [1.54, 1.807) is 37.4 Å². The number of hydrogen-bond acceptors (Lipinski definition) is 7. The van der Waals surface area contributed by atoms with E-state index in [2.05, 4.69) is 9.97 Å². The Morgan fingerprint density at radius 2 is 1.90 bits per heavy atom. The lowest BCUT2D eigenvalue weighted by atomic mass is 10.1. The first-order valence-corrected chi connectivity index (χ1v) is 10.4.